The van der Waals surface area contributed by atoms with Gasteiger partial charge in [0.15, 0.2) is 0 Å². The molecule has 1 aliphatic carbocycles. The summed E-state index contributed by atoms with van der Waals surface area (Å²) < 4.78 is 0. The maximum absolute atomic E-state index is 6.60. The molecule has 19 heavy (non-hydrogen) atoms. The molecular weight excluding hydrogens is 234 g/mol. The summed E-state index contributed by atoms with van der Waals surface area (Å²) in [6, 6.07) is 6.25. The van der Waals surface area contributed by atoms with Crippen LogP contribution in [0.15, 0.2) is 24.4 Å². The Labute approximate surface area is 117 Å². The van der Waals surface area contributed by atoms with Crippen LogP contribution in [0.25, 0.3) is 0 Å². The Morgan fingerprint density at radius 2 is 1.89 bits per heavy atom. The van der Waals surface area contributed by atoms with Gasteiger partial charge in [-0.05, 0) is 39.1 Å². The van der Waals surface area contributed by atoms with E-state index >= 15 is 0 Å². The maximum atomic E-state index is 6.60. The van der Waals surface area contributed by atoms with Crippen molar-refractivity contribution in [2.24, 2.45) is 5.73 Å². The van der Waals surface area contributed by atoms with Gasteiger partial charge in [-0.15, -0.1) is 0 Å². The van der Waals surface area contributed by atoms with Crippen LogP contribution in [-0.2, 0) is 6.42 Å². The van der Waals surface area contributed by atoms with Gasteiger partial charge in [0.2, 0.25) is 0 Å². The third kappa shape index (κ3) is 3.34. The predicted molar refractivity (Wildman–Crippen MR) is 80.0 cm³/mol. The molecule has 0 spiro atoms. The van der Waals surface area contributed by atoms with E-state index < -0.39 is 0 Å². The molecule has 0 radical (unpaired) electrons. The molecule has 1 atom stereocenters. The molecule has 0 saturated heterocycles. The van der Waals surface area contributed by atoms with Crippen LogP contribution in [0.5, 0.6) is 0 Å². The summed E-state index contributed by atoms with van der Waals surface area (Å²) in [6.07, 6.45) is 10.5. The lowest BCUT2D eigenvalue weighted by Crippen LogP contribution is -2.58. The summed E-state index contributed by atoms with van der Waals surface area (Å²) in [5.74, 6) is 0. The fourth-order valence-electron chi connectivity index (χ4n) is 3.42. The number of hydrogen-bond acceptors (Lipinski definition) is 3. The van der Waals surface area contributed by atoms with Gasteiger partial charge in [0.1, 0.15) is 0 Å². The Bertz CT molecular complexity index is 367. The summed E-state index contributed by atoms with van der Waals surface area (Å²) in [5, 5.41) is 0. The van der Waals surface area contributed by atoms with Crippen molar-refractivity contribution >= 4 is 0 Å². The van der Waals surface area contributed by atoms with Crippen LogP contribution < -0.4 is 5.73 Å². The minimum atomic E-state index is 0.147. The van der Waals surface area contributed by atoms with Gasteiger partial charge in [-0.1, -0.05) is 31.7 Å². The summed E-state index contributed by atoms with van der Waals surface area (Å²) in [7, 11) is 4.37. The molecular formula is C16H27N3. The SMILES string of the molecule is CN(C)C1(C(N)Cc2ccccn2)CCCCCC1. The number of likely N-dealkylation sites (N-methyl/N-ethyl adjacent to an activating group) is 1. The minimum Gasteiger partial charge on any atom is -0.326 e. The highest BCUT2D eigenvalue weighted by Gasteiger charge is 2.38. The smallest absolute Gasteiger partial charge is 0.0419 e. The number of pyridine rings is 1. The Hall–Kier alpha value is -0.930. The van der Waals surface area contributed by atoms with Crippen LogP contribution in [-0.4, -0.2) is 35.6 Å². The van der Waals surface area contributed by atoms with Gasteiger partial charge in [0, 0.05) is 29.9 Å². The van der Waals surface area contributed by atoms with Crippen molar-refractivity contribution < 1.29 is 0 Å². The molecule has 2 rings (SSSR count). The molecule has 2 N–H and O–H groups in total. The van der Waals surface area contributed by atoms with Crippen LogP contribution >= 0.6 is 0 Å². The molecule has 1 unspecified atom stereocenters. The average Bonchev–Trinajstić information content (AvgIpc) is 2.66. The summed E-state index contributed by atoms with van der Waals surface area (Å²) >= 11 is 0. The molecule has 0 bridgehead atoms. The first-order chi connectivity index (χ1) is 9.15. The van der Waals surface area contributed by atoms with E-state index in [1.165, 1.54) is 38.5 Å². The van der Waals surface area contributed by atoms with E-state index in [1.807, 2.05) is 18.3 Å². The van der Waals surface area contributed by atoms with Crippen molar-refractivity contribution in [3.8, 4) is 0 Å². The fraction of sp³-hybridized carbons (Fsp3) is 0.688. The van der Waals surface area contributed by atoms with Gasteiger partial charge in [0.05, 0.1) is 0 Å². The Morgan fingerprint density at radius 3 is 2.42 bits per heavy atom. The Kier molecular flexibility index (Phi) is 4.94. The molecule has 0 aliphatic heterocycles. The lowest BCUT2D eigenvalue weighted by molar-refractivity contribution is 0.0964. The van der Waals surface area contributed by atoms with Gasteiger partial charge >= 0.3 is 0 Å². The minimum absolute atomic E-state index is 0.147. The van der Waals surface area contributed by atoms with Crippen molar-refractivity contribution in [2.45, 2.75) is 56.5 Å². The van der Waals surface area contributed by atoms with Crippen LogP contribution in [0.4, 0.5) is 0 Å². The highest BCUT2D eigenvalue weighted by molar-refractivity contribution is 5.09. The van der Waals surface area contributed by atoms with E-state index in [9.17, 15) is 0 Å². The number of aromatic nitrogens is 1. The second-order valence-corrected chi connectivity index (χ2v) is 6.04. The predicted octanol–water partition coefficient (Wildman–Crippen LogP) is 2.61. The second-order valence-electron chi connectivity index (χ2n) is 6.04. The van der Waals surface area contributed by atoms with Crippen LogP contribution in [0.3, 0.4) is 0 Å². The molecule has 3 nitrogen and oxygen atoms in total. The van der Waals surface area contributed by atoms with Gasteiger partial charge in [-0.25, -0.2) is 0 Å². The Morgan fingerprint density at radius 1 is 1.21 bits per heavy atom. The van der Waals surface area contributed by atoms with Gasteiger partial charge in [-0.3, -0.25) is 4.98 Å². The zero-order valence-corrected chi connectivity index (χ0v) is 12.3. The first-order valence-electron chi connectivity index (χ1n) is 7.48. The zero-order valence-electron chi connectivity index (χ0n) is 12.3. The first-order valence-corrected chi connectivity index (χ1v) is 7.48. The largest absolute Gasteiger partial charge is 0.326 e. The average molecular weight is 261 g/mol. The first kappa shape index (κ1) is 14.5. The van der Waals surface area contributed by atoms with Crippen LogP contribution in [0, 0.1) is 0 Å². The molecule has 1 aliphatic rings. The monoisotopic (exact) mass is 261 g/mol. The summed E-state index contributed by atoms with van der Waals surface area (Å²) in [5.41, 5.74) is 7.86. The lowest BCUT2D eigenvalue weighted by atomic mass is 9.80. The molecule has 1 aromatic heterocycles. The molecule has 1 aromatic rings. The number of rotatable bonds is 4. The third-order valence-electron chi connectivity index (χ3n) is 4.71. The quantitative estimate of drug-likeness (QED) is 0.847. The van der Waals surface area contributed by atoms with Crippen molar-refractivity contribution in [3.05, 3.63) is 30.1 Å². The third-order valence-corrected chi connectivity index (χ3v) is 4.71. The van der Waals surface area contributed by atoms with Gasteiger partial charge < -0.3 is 10.6 Å². The topological polar surface area (TPSA) is 42.1 Å². The van der Waals surface area contributed by atoms with E-state index in [-0.39, 0.29) is 11.6 Å². The van der Waals surface area contributed by atoms with Crippen molar-refractivity contribution in [3.63, 3.8) is 0 Å². The molecule has 0 amide bonds. The zero-order chi connectivity index (χ0) is 13.7. The summed E-state index contributed by atoms with van der Waals surface area (Å²) in [6.45, 7) is 0. The van der Waals surface area contributed by atoms with Crippen molar-refractivity contribution in [1.82, 2.24) is 9.88 Å². The molecule has 0 aromatic carbocycles. The van der Waals surface area contributed by atoms with Crippen LogP contribution in [0.1, 0.15) is 44.2 Å². The summed E-state index contributed by atoms with van der Waals surface area (Å²) in [4.78, 5) is 6.80. The van der Waals surface area contributed by atoms with E-state index in [4.69, 9.17) is 5.73 Å². The van der Waals surface area contributed by atoms with Crippen molar-refractivity contribution in [2.75, 3.05) is 14.1 Å². The maximum Gasteiger partial charge on any atom is 0.0419 e. The molecule has 106 valence electrons. The Balaban J connectivity index is 2.13. The fourth-order valence-corrected chi connectivity index (χ4v) is 3.42. The normalized spacial score (nSPS) is 21.1. The second kappa shape index (κ2) is 6.49. The van der Waals surface area contributed by atoms with Crippen LogP contribution in [0.2, 0.25) is 0 Å². The standard InChI is InChI=1S/C16H27N3/c1-19(2)16(10-6-3-4-7-11-16)15(17)13-14-9-5-8-12-18-14/h5,8-9,12,15H,3-4,6-7,10-11,13,17H2,1-2H3. The molecule has 1 heterocycles. The molecule has 3 heteroatoms. The highest BCUT2D eigenvalue weighted by Crippen LogP contribution is 2.34. The van der Waals surface area contributed by atoms with Crippen molar-refractivity contribution in [1.29, 1.82) is 0 Å². The number of nitrogens with two attached hydrogens (primary N) is 1. The van der Waals surface area contributed by atoms with Gasteiger partial charge in [-0.2, -0.15) is 0 Å². The van der Waals surface area contributed by atoms with E-state index in [1.54, 1.807) is 0 Å². The highest BCUT2D eigenvalue weighted by atomic mass is 15.2. The van der Waals surface area contributed by atoms with E-state index in [0.717, 1.165) is 12.1 Å². The van der Waals surface area contributed by atoms with Gasteiger partial charge in [0.25, 0.3) is 0 Å². The molecule has 1 fully saturated rings. The molecule has 1 saturated carbocycles. The van der Waals surface area contributed by atoms with E-state index in [0.29, 0.717) is 0 Å². The number of hydrogen-bond donors (Lipinski definition) is 1. The van der Waals surface area contributed by atoms with E-state index in [2.05, 4.69) is 30.0 Å². The number of nitrogens with zero attached hydrogens (tertiary/aromatic N) is 2. The lowest BCUT2D eigenvalue weighted by Gasteiger charge is -2.44.